The number of rotatable bonds is 6. The summed E-state index contributed by atoms with van der Waals surface area (Å²) in [6.07, 6.45) is 0. The van der Waals surface area contributed by atoms with Crippen molar-refractivity contribution in [2.24, 2.45) is 11.8 Å². The largest absolute Gasteiger partial charge is 0.396 e. The monoisotopic (exact) mass is 299 g/mol. The maximum Gasteiger partial charge on any atom is 0.0473 e. The molecule has 0 amide bonds. The zero-order chi connectivity index (χ0) is 12.8. The normalized spacial score (nSPS) is 13.1. The van der Waals surface area contributed by atoms with Crippen LogP contribution >= 0.6 is 15.9 Å². The van der Waals surface area contributed by atoms with Crippen molar-refractivity contribution in [3.05, 3.63) is 33.8 Å². The van der Waals surface area contributed by atoms with Gasteiger partial charge < -0.3 is 10.4 Å². The predicted octanol–water partition coefficient (Wildman–Crippen LogP) is 3.11. The topological polar surface area (TPSA) is 32.3 Å². The molecule has 0 fully saturated rings. The molecule has 0 aliphatic carbocycles. The fraction of sp³-hybridized carbons (Fsp3) is 0.571. The molecular weight excluding hydrogens is 278 g/mol. The van der Waals surface area contributed by atoms with Gasteiger partial charge >= 0.3 is 0 Å². The van der Waals surface area contributed by atoms with Crippen LogP contribution in [0, 0.1) is 18.8 Å². The molecule has 1 atom stereocenters. The number of benzene rings is 1. The second kappa shape index (κ2) is 7.14. The quantitative estimate of drug-likeness (QED) is 0.846. The van der Waals surface area contributed by atoms with Crippen LogP contribution in [-0.4, -0.2) is 18.3 Å². The van der Waals surface area contributed by atoms with E-state index in [0.29, 0.717) is 11.8 Å². The second-order valence-corrected chi connectivity index (χ2v) is 5.80. The number of hydrogen-bond donors (Lipinski definition) is 2. The number of aliphatic hydroxyl groups is 1. The minimum absolute atomic E-state index is 0.252. The van der Waals surface area contributed by atoms with E-state index in [1.54, 1.807) is 0 Å². The molecule has 0 spiro atoms. The van der Waals surface area contributed by atoms with Gasteiger partial charge in [0.15, 0.2) is 0 Å². The third-order valence-electron chi connectivity index (χ3n) is 3.21. The van der Waals surface area contributed by atoms with E-state index in [0.717, 1.165) is 17.6 Å². The van der Waals surface area contributed by atoms with Crippen LogP contribution in [0.4, 0.5) is 0 Å². The van der Waals surface area contributed by atoms with Crippen molar-refractivity contribution >= 4 is 15.9 Å². The fourth-order valence-electron chi connectivity index (χ4n) is 1.73. The van der Waals surface area contributed by atoms with E-state index in [-0.39, 0.29) is 6.61 Å². The van der Waals surface area contributed by atoms with Gasteiger partial charge in [0.25, 0.3) is 0 Å². The Kier molecular flexibility index (Phi) is 6.17. The average Bonchev–Trinajstić information content (AvgIpc) is 2.28. The highest BCUT2D eigenvalue weighted by atomic mass is 79.9. The van der Waals surface area contributed by atoms with Crippen molar-refractivity contribution in [2.75, 3.05) is 13.2 Å². The molecule has 0 aliphatic heterocycles. The highest BCUT2D eigenvalue weighted by molar-refractivity contribution is 9.10. The first-order chi connectivity index (χ1) is 8.04. The van der Waals surface area contributed by atoms with Crippen molar-refractivity contribution in [3.8, 4) is 0 Å². The molecule has 3 heteroatoms. The van der Waals surface area contributed by atoms with Crippen molar-refractivity contribution in [2.45, 2.75) is 27.3 Å². The lowest BCUT2D eigenvalue weighted by Gasteiger charge is -2.19. The first-order valence-corrected chi connectivity index (χ1v) is 6.90. The predicted molar refractivity (Wildman–Crippen MR) is 76.0 cm³/mol. The van der Waals surface area contributed by atoms with Crippen molar-refractivity contribution in [3.63, 3.8) is 0 Å². The Morgan fingerprint density at radius 3 is 2.65 bits per heavy atom. The van der Waals surface area contributed by atoms with Gasteiger partial charge in [-0.05, 0) is 42.0 Å². The summed E-state index contributed by atoms with van der Waals surface area (Å²) in [7, 11) is 0. The molecule has 17 heavy (non-hydrogen) atoms. The van der Waals surface area contributed by atoms with E-state index in [1.807, 2.05) is 0 Å². The van der Waals surface area contributed by atoms with Crippen LogP contribution in [0.25, 0.3) is 0 Å². The molecule has 96 valence electrons. The van der Waals surface area contributed by atoms with E-state index >= 15 is 0 Å². The summed E-state index contributed by atoms with van der Waals surface area (Å²) in [6.45, 7) is 8.38. The van der Waals surface area contributed by atoms with E-state index < -0.39 is 0 Å². The van der Waals surface area contributed by atoms with Gasteiger partial charge in [-0.2, -0.15) is 0 Å². The lowest BCUT2D eigenvalue weighted by atomic mass is 9.97. The van der Waals surface area contributed by atoms with Gasteiger partial charge in [-0.15, -0.1) is 0 Å². The van der Waals surface area contributed by atoms with E-state index in [9.17, 15) is 5.11 Å². The number of halogens is 1. The number of aliphatic hydroxyl groups excluding tert-OH is 1. The summed E-state index contributed by atoms with van der Waals surface area (Å²) >= 11 is 3.49. The van der Waals surface area contributed by atoms with E-state index in [1.165, 1.54) is 11.1 Å². The molecule has 0 aromatic heterocycles. The lowest BCUT2D eigenvalue weighted by molar-refractivity contribution is 0.186. The highest BCUT2D eigenvalue weighted by Crippen LogP contribution is 2.16. The molecule has 2 N–H and O–H groups in total. The number of aryl methyl sites for hydroxylation is 1. The van der Waals surface area contributed by atoms with Gasteiger partial charge in [0, 0.05) is 24.2 Å². The van der Waals surface area contributed by atoms with Crippen molar-refractivity contribution in [1.29, 1.82) is 0 Å². The second-order valence-electron chi connectivity index (χ2n) is 4.89. The molecule has 1 unspecified atom stereocenters. The molecule has 0 heterocycles. The molecule has 1 aromatic carbocycles. The Morgan fingerprint density at radius 2 is 2.06 bits per heavy atom. The van der Waals surface area contributed by atoms with Gasteiger partial charge in [-0.1, -0.05) is 35.8 Å². The summed E-state index contributed by atoms with van der Waals surface area (Å²) in [5, 5.41) is 12.7. The highest BCUT2D eigenvalue weighted by Gasteiger charge is 2.11. The van der Waals surface area contributed by atoms with Crippen LogP contribution in [0.1, 0.15) is 25.0 Å². The van der Waals surface area contributed by atoms with Crippen LogP contribution in [0.2, 0.25) is 0 Å². The SMILES string of the molecule is Cc1ccc(Br)cc1CNCC(CO)C(C)C. The van der Waals surface area contributed by atoms with Crippen molar-refractivity contribution < 1.29 is 5.11 Å². The molecule has 0 saturated carbocycles. The van der Waals surface area contributed by atoms with Gasteiger partial charge in [0.2, 0.25) is 0 Å². The summed E-state index contributed by atoms with van der Waals surface area (Å²) in [4.78, 5) is 0. The van der Waals surface area contributed by atoms with E-state index in [2.05, 4.69) is 60.2 Å². The molecule has 1 aromatic rings. The average molecular weight is 300 g/mol. The van der Waals surface area contributed by atoms with E-state index in [4.69, 9.17) is 0 Å². The zero-order valence-electron chi connectivity index (χ0n) is 10.8. The van der Waals surface area contributed by atoms with Crippen LogP contribution < -0.4 is 5.32 Å². The number of hydrogen-bond acceptors (Lipinski definition) is 2. The molecule has 1 rings (SSSR count). The van der Waals surface area contributed by atoms with Crippen molar-refractivity contribution in [1.82, 2.24) is 5.32 Å². The molecule has 0 radical (unpaired) electrons. The Morgan fingerprint density at radius 1 is 1.35 bits per heavy atom. The first-order valence-electron chi connectivity index (χ1n) is 6.11. The van der Waals surface area contributed by atoms with Gasteiger partial charge in [0.05, 0.1) is 0 Å². The van der Waals surface area contributed by atoms with Gasteiger partial charge in [-0.25, -0.2) is 0 Å². The Hall–Kier alpha value is -0.380. The molecule has 0 aliphatic rings. The maximum atomic E-state index is 9.24. The molecule has 2 nitrogen and oxygen atoms in total. The smallest absolute Gasteiger partial charge is 0.0473 e. The van der Waals surface area contributed by atoms with Gasteiger partial charge in [-0.3, -0.25) is 0 Å². The fourth-order valence-corrected chi connectivity index (χ4v) is 2.14. The molecule has 0 bridgehead atoms. The number of nitrogens with one attached hydrogen (secondary N) is 1. The summed E-state index contributed by atoms with van der Waals surface area (Å²) in [6, 6.07) is 6.32. The standard InChI is InChI=1S/C14H22BrNO/c1-10(2)13(9-17)8-16-7-12-6-14(15)5-4-11(12)3/h4-6,10,13,16-17H,7-9H2,1-3H3. The third-order valence-corrected chi connectivity index (χ3v) is 3.70. The minimum Gasteiger partial charge on any atom is -0.396 e. The Bertz CT molecular complexity index is 352. The summed E-state index contributed by atoms with van der Waals surface area (Å²) in [5.41, 5.74) is 2.60. The van der Waals surface area contributed by atoms with Crippen LogP contribution in [0.5, 0.6) is 0 Å². The Labute approximate surface area is 113 Å². The molecular formula is C14H22BrNO. The summed E-state index contributed by atoms with van der Waals surface area (Å²) < 4.78 is 1.11. The van der Waals surface area contributed by atoms with Gasteiger partial charge in [0.1, 0.15) is 0 Å². The summed E-state index contributed by atoms with van der Waals surface area (Å²) in [5.74, 6) is 0.846. The lowest BCUT2D eigenvalue weighted by Crippen LogP contribution is -2.28. The minimum atomic E-state index is 0.252. The van der Waals surface area contributed by atoms with Crippen LogP contribution in [0.3, 0.4) is 0 Å². The zero-order valence-corrected chi connectivity index (χ0v) is 12.4. The Balaban J connectivity index is 2.47. The van der Waals surface area contributed by atoms with Crippen LogP contribution in [-0.2, 0) is 6.54 Å². The maximum absolute atomic E-state index is 9.24. The molecule has 0 saturated heterocycles. The third kappa shape index (κ3) is 4.78. The first kappa shape index (κ1) is 14.7. The van der Waals surface area contributed by atoms with Crippen LogP contribution in [0.15, 0.2) is 22.7 Å².